The summed E-state index contributed by atoms with van der Waals surface area (Å²) in [5, 5.41) is 4.24. The molecule has 0 saturated carbocycles. The molecule has 1 aromatic carbocycles. The quantitative estimate of drug-likeness (QED) is 0.815. The molecule has 1 fully saturated rings. The summed E-state index contributed by atoms with van der Waals surface area (Å²) >= 11 is 5.75. The van der Waals surface area contributed by atoms with Crippen molar-refractivity contribution in [3.8, 4) is 0 Å². The van der Waals surface area contributed by atoms with Crippen LogP contribution in [0.5, 0.6) is 0 Å². The summed E-state index contributed by atoms with van der Waals surface area (Å²) in [6.45, 7) is 3.36. The lowest BCUT2D eigenvalue weighted by atomic mass is 10.0. The predicted molar refractivity (Wildman–Crippen MR) is 101 cm³/mol. The smallest absolute Gasteiger partial charge is 0.173 e. The van der Waals surface area contributed by atoms with Crippen molar-refractivity contribution in [3.63, 3.8) is 0 Å². The van der Waals surface area contributed by atoms with Crippen LogP contribution in [0.4, 0.5) is 5.69 Å². The molecule has 2 aromatic rings. The van der Waals surface area contributed by atoms with Crippen molar-refractivity contribution in [2.24, 2.45) is 13.0 Å². The summed E-state index contributed by atoms with van der Waals surface area (Å²) in [7, 11) is 2.12. The van der Waals surface area contributed by atoms with Crippen molar-refractivity contribution in [1.82, 2.24) is 9.47 Å². The van der Waals surface area contributed by atoms with E-state index in [1.54, 1.807) is 0 Å². The predicted octanol–water partition coefficient (Wildman–Crippen LogP) is 4.59. The number of hydrogen-bond acceptors (Lipinski definition) is 1. The maximum atomic E-state index is 5.75. The number of nitrogens with one attached hydrogen (secondary N) is 1. The number of nitrogens with zero attached hydrogens (tertiary/aromatic N) is 2. The Hall–Kier alpha value is -1.81. The molecule has 1 N–H and O–H groups in total. The molecule has 2 heterocycles. The summed E-state index contributed by atoms with van der Waals surface area (Å²) in [4.78, 5) is 2.38. The minimum absolute atomic E-state index is 0.351. The van der Waals surface area contributed by atoms with E-state index in [9.17, 15) is 0 Å². The van der Waals surface area contributed by atoms with Crippen molar-refractivity contribution >= 4 is 23.0 Å². The molecule has 3 rings (SSSR count). The Labute approximate surface area is 144 Å². The van der Waals surface area contributed by atoms with Crippen molar-refractivity contribution in [3.05, 3.63) is 54.4 Å². The van der Waals surface area contributed by atoms with E-state index < -0.39 is 0 Å². The first-order valence-electron chi connectivity index (χ1n) is 8.39. The lowest BCUT2D eigenvalue weighted by Gasteiger charge is -2.33. The van der Waals surface area contributed by atoms with Gasteiger partial charge >= 0.3 is 0 Å². The Kier molecular flexibility index (Phi) is 5.01. The Bertz CT molecular complexity index is 650. The molecule has 122 valence electrons. The second kappa shape index (κ2) is 7.18. The second-order valence-corrected chi connectivity index (χ2v) is 6.91. The van der Waals surface area contributed by atoms with Gasteiger partial charge in [0.2, 0.25) is 0 Å². The summed E-state index contributed by atoms with van der Waals surface area (Å²) in [6, 6.07) is 14.9. The van der Waals surface area contributed by atoms with Crippen LogP contribution in [0.25, 0.3) is 0 Å². The fourth-order valence-electron chi connectivity index (χ4n) is 3.35. The van der Waals surface area contributed by atoms with Crippen LogP contribution in [-0.2, 0) is 7.05 Å². The summed E-state index contributed by atoms with van der Waals surface area (Å²) in [6.07, 6.45) is 5.71. The molecule has 0 amide bonds. The third-order valence-electron chi connectivity index (χ3n) is 4.78. The summed E-state index contributed by atoms with van der Waals surface area (Å²) in [5.74, 6) is 0.752. The van der Waals surface area contributed by atoms with E-state index in [1.165, 1.54) is 18.5 Å². The number of benzene rings is 1. The third kappa shape index (κ3) is 3.75. The van der Waals surface area contributed by atoms with Crippen LogP contribution in [-0.4, -0.2) is 21.1 Å². The van der Waals surface area contributed by atoms with Gasteiger partial charge in [0.15, 0.2) is 5.11 Å². The lowest BCUT2D eigenvalue weighted by molar-refractivity contribution is 0.314. The molecule has 1 aromatic heterocycles. The average molecular weight is 327 g/mol. The zero-order valence-corrected chi connectivity index (χ0v) is 14.7. The van der Waals surface area contributed by atoms with Crippen LogP contribution >= 0.6 is 12.2 Å². The highest BCUT2D eigenvalue weighted by atomic mass is 32.1. The van der Waals surface area contributed by atoms with Gasteiger partial charge in [-0.25, -0.2) is 0 Å². The molecule has 2 atom stereocenters. The highest BCUT2D eigenvalue weighted by molar-refractivity contribution is 7.80. The molecule has 1 aliphatic heterocycles. The molecule has 1 aliphatic rings. The normalized spacial score (nSPS) is 21.7. The first-order chi connectivity index (χ1) is 11.1. The van der Waals surface area contributed by atoms with Crippen LogP contribution in [0, 0.1) is 5.92 Å². The number of anilines is 1. The lowest BCUT2D eigenvalue weighted by Crippen LogP contribution is -2.38. The standard InChI is InChI=1S/C19H25N3S/c1-15-10-11-18(17-9-6-13-21(17)2)22(14-12-15)19(23)20-16-7-4-3-5-8-16/h3-9,13,15,18H,10-12,14H2,1-2H3,(H,20,23)/t15-,18+/m1/s1. The molecule has 1 saturated heterocycles. The van der Waals surface area contributed by atoms with Crippen molar-refractivity contribution in [2.45, 2.75) is 32.2 Å². The van der Waals surface area contributed by atoms with Crippen molar-refractivity contribution < 1.29 is 0 Å². The van der Waals surface area contributed by atoms with Crippen LogP contribution in [0.1, 0.15) is 37.9 Å². The minimum atomic E-state index is 0.351. The topological polar surface area (TPSA) is 20.2 Å². The Balaban J connectivity index is 1.83. The van der Waals surface area contributed by atoms with Gasteiger partial charge in [0.05, 0.1) is 6.04 Å². The van der Waals surface area contributed by atoms with E-state index >= 15 is 0 Å². The van der Waals surface area contributed by atoms with Gasteiger partial charge in [-0.2, -0.15) is 0 Å². The van der Waals surface area contributed by atoms with Crippen molar-refractivity contribution in [1.29, 1.82) is 0 Å². The van der Waals surface area contributed by atoms with Gasteiger partial charge in [0, 0.05) is 31.2 Å². The summed E-state index contributed by atoms with van der Waals surface area (Å²) < 4.78 is 2.22. The number of rotatable bonds is 2. The number of aryl methyl sites for hydroxylation is 1. The number of aromatic nitrogens is 1. The van der Waals surface area contributed by atoms with Gasteiger partial charge < -0.3 is 14.8 Å². The average Bonchev–Trinajstić information content (AvgIpc) is 2.87. The minimum Gasteiger partial charge on any atom is -0.353 e. The Morgan fingerprint density at radius 2 is 1.87 bits per heavy atom. The number of para-hydroxylation sites is 1. The molecule has 23 heavy (non-hydrogen) atoms. The van der Waals surface area contributed by atoms with Crippen molar-refractivity contribution in [2.75, 3.05) is 11.9 Å². The number of thiocarbonyl (C=S) groups is 1. The maximum absolute atomic E-state index is 5.75. The van der Waals surface area contributed by atoms with E-state index in [1.807, 2.05) is 18.2 Å². The molecule has 0 spiro atoms. The molecule has 0 aliphatic carbocycles. The molecular formula is C19H25N3S. The molecule has 3 nitrogen and oxygen atoms in total. The fraction of sp³-hybridized carbons (Fsp3) is 0.421. The van der Waals surface area contributed by atoms with E-state index in [2.05, 4.69) is 59.2 Å². The largest absolute Gasteiger partial charge is 0.353 e. The molecule has 0 bridgehead atoms. The van der Waals surface area contributed by atoms with Crippen LogP contribution < -0.4 is 5.32 Å². The van der Waals surface area contributed by atoms with Gasteiger partial charge in [0.1, 0.15) is 0 Å². The highest BCUT2D eigenvalue weighted by Crippen LogP contribution is 2.32. The second-order valence-electron chi connectivity index (χ2n) is 6.52. The first kappa shape index (κ1) is 16.1. The first-order valence-corrected chi connectivity index (χ1v) is 8.80. The molecule has 0 unspecified atom stereocenters. The fourth-order valence-corrected chi connectivity index (χ4v) is 3.68. The Morgan fingerprint density at radius 1 is 1.09 bits per heavy atom. The van der Waals surface area contributed by atoms with E-state index in [4.69, 9.17) is 12.2 Å². The third-order valence-corrected chi connectivity index (χ3v) is 5.12. The monoisotopic (exact) mass is 327 g/mol. The van der Waals surface area contributed by atoms with Crippen LogP contribution in [0.2, 0.25) is 0 Å². The Morgan fingerprint density at radius 3 is 2.57 bits per heavy atom. The molecular weight excluding hydrogens is 302 g/mol. The van der Waals surface area contributed by atoms with Gasteiger partial charge in [-0.05, 0) is 61.7 Å². The van der Waals surface area contributed by atoms with Gasteiger partial charge in [-0.1, -0.05) is 25.1 Å². The maximum Gasteiger partial charge on any atom is 0.173 e. The van der Waals surface area contributed by atoms with Gasteiger partial charge in [0.25, 0.3) is 0 Å². The number of hydrogen-bond donors (Lipinski definition) is 1. The zero-order valence-electron chi connectivity index (χ0n) is 13.9. The SMILES string of the molecule is C[C@@H]1CC[C@@H](c2cccn2C)N(C(=S)Nc2ccccc2)CC1. The molecule has 0 radical (unpaired) electrons. The van der Waals surface area contributed by atoms with Gasteiger partial charge in [-0.3, -0.25) is 0 Å². The summed E-state index contributed by atoms with van der Waals surface area (Å²) in [5.41, 5.74) is 2.40. The van der Waals surface area contributed by atoms with Gasteiger partial charge in [-0.15, -0.1) is 0 Å². The molecule has 4 heteroatoms. The number of likely N-dealkylation sites (tertiary alicyclic amines) is 1. The van der Waals surface area contributed by atoms with Crippen LogP contribution in [0.15, 0.2) is 48.7 Å². The van der Waals surface area contributed by atoms with E-state index in [0.29, 0.717) is 6.04 Å². The zero-order chi connectivity index (χ0) is 16.2. The highest BCUT2D eigenvalue weighted by Gasteiger charge is 2.28. The van der Waals surface area contributed by atoms with E-state index in [0.717, 1.165) is 29.7 Å². The van der Waals surface area contributed by atoms with E-state index in [-0.39, 0.29) is 0 Å². The van der Waals surface area contributed by atoms with Crippen LogP contribution in [0.3, 0.4) is 0 Å².